The van der Waals surface area contributed by atoms with Crippen molar-refractivity contribution in [2.75, 3.05) is 11.5 Å². The normalized spacial score (nSPS) is 17.4. The van der Waals surface area contributed by atoms with E-state index in [-0.39, 0.29) is 12.6 Å². The molecule has 0 aliphatic carbocycles. The van der Waals surface area contributed by atoms with E-state index in [1.54, 1.807) is 13.0 Å². The lowest BCUT2D eigenvalue weighted by Gasteiger charge is -2.34. The average Bonchev–Trinajstić information content (AvgIpc) is 2.46. The summed E-state index contributed by atoms with van der Waals surface area (Å²) in [5, 5.41) is 10.8. The zero-order valence-corrected chi connectivity index (χ0v) is 10.9. The fourth-order valence-corrected chi connectivity index (χ4v) is 2.50. The van der Waals surface area contributed by atoms with Crippen molar-refractivity contribution >= 4 is 28.3 Å². The molecule has 0 saturated heterocycles. The number of fused-ring (bicyclic) bond motifs is 3. The van der Waals surface area contributed by atoms with Crippen molar-refractivity contribution < 1.29 is 19.4 Å². The Morgan fingerprint density at radius 1 is 1.25 bits per heavy atom. The molecular formula is C15H13NO4. The van der Waals surface area contributed by atoms with Crippen LogP contribution >= 0.6 is 0 Å². The number of anilines is 1. The second kappa shape index (κ2) is 4.52. The van der Waals surface area contributed by atoms with Crippen LogP contribution in [0.4, 0.5) is 5.69 Å². The summed E-state index contributed by atoms with van der Waals surface area (Å²) in [5.41, 5.74) is 0.509. The number of nitrogens with zero attached hydrogens (tertiary/aromatic N) is 1. The molecule has 2 aromatic rings. The molecule has 0 radical (unpaired) electrons. The van der Waals surface area contributed by atoms with Crippen molar-refractivity contribution in [1.82, 2.24) is 0 Å². The van der Waals surface area contributed by atoms with E-state index < -0.39 is 11.9 Å². The largest absolute Gasteiger partial charge is 0.489 e. The Balaban J connectivity index is 2.21. The highest BCUT2D eigenvalue weighted by atomic mass is 16.5. The van der Waals surface area contributed by atoms with Gasteiger partial charge in [-0.05, 0) is 18.4 Å². The predicted molar refractivity (Wildman–Crippen MR) is 74.0 cm³/mol. The summed E-state index contributed by atoms with van der Waals surface area (Å²) in [6.07, 6.45) is 0. The van der Waals surface area contributed by atoms with Gasteiger partial charge < -0.3 is 9.84 Å². The Hall–Kier alpha value is -2.56. The van der Waals surface area contributed by atoms with E-state index in [1.165, 1.54) is 4.90 Å². The van der Waals surface area contributed by atoms with Crippen LogP contribution in [0.5, 0.6) is 5.75 Å². The van der Waals surface area contributed by atoms with Crippen molar-refractivity contribution in [3.05, 3.63) is 36.4 Å². The van der Waals surface area contributed by atoms with Crippen molar-refractivity contribution in [2.45, 2.75) is 13.0 Å². The number of carboxylic acid groups (broad SMARTS) is 1. The molecule has 2 aromatic carbocycles. The van der Waals surface area contributed by atoms with E-state index in [2.05, 4.69) is 0 Å². The molecule has 1 atom stereocenters. The van der Waals surface area contributed by atoms with Gasteiger partial charge in [0.25, 0.3) is 0 Å². The number of aliphatic carboxylic acids is 1. The lowest BCUT2D eigenvalue weighted by atomic mass is 10.1. The molecule has 1 aliphatic rings. The topological polar surface area (TPSA) is 66.8 Å². The Bertz CT molecular complexity index is 710. The van der Waals surface area contributed by atoms with Crippen LogP contribution in [0.25, 0.3) is 10.8 Å². The van der Waals surface area contributed by atoms with Crippen LogP contribution in [-0.2, 0) is 9.59 Å². The minimum atomic E-state index is -1.46. The van der Waals surface area contributed by atoms with Gasteiger partial charge in [0.05, 0.1) is 11.7 Å². The van der Waals surface area contributed by atoms with E-state index in [0.717, 1.165) is 10.8 Å². The molecule has 5 heteroatoms. The molecule has 0 aromatic heterocycles. The van der Waals surface area contributed by atoms with Crippen LogP contribution < -0.4 is 9.64 Å². The molecule has 1 unspecified atom stereocenters. The van der Waals surface area contributed by atoms with Gasteiger partial charge in [-0.1, -0.05) is 30.3 Å². The predicted octanol–water partition coefficient (Wildman–Crippen LogP) is 2.04. The van der Waals surface area contributed by atoms with Crippen LogP contribution in [0.15, 0.2) is 36.4 Å². The van der Waals surface area contributed by atoms with Gasteiger partial charge in [0.1, 0.15) is 6.61 Å². The third-order valence-corrected chi connectivity index (χ3v) is 3.43. The second-order valence-corrected chi connectivity index (χ2v) is 4.78. The van der Waals surface area contributed by atoms with Gasteiger partial charge in [-0.25, -0.2) is 4.79 Å². The maximum atomic E-state index is 11.9. The smallest absolute Gasteiger partial charge is 0.394 e. The summed E-state index contributed by atoms with van der Waals surface area (Å²) >= 11 is 0. The quantitative estimate of drug-likeness (QED) is 0.744. The fourth-order valence-electron chi connectivity index (χ4n) is 2.50. The zero-order valence-electron chi connectivity index (χ0n) is 10.9. The molecule has 1 amide bonds. The number of rotatable bonds is 0. The van der Waals surface area contributed by atoms with Gasteiger partial charge in [0.2, 0.25) is 0 Å². The minimum Gasteiger partial charge on any atom is -0.489 e. The van der Waals surface area contributed by atoms with Crippen molar-refractivity contribution in [1.29, 1.82) is 0 Å². The number of carbonyl (C=O) groups is 2. The standard InChI is InChI=1S/C15H13NO4/c1-9-8-20-13-11-5-3-2-4-10(11)6-7-12(13)16(9)14(17)15(18)19/h2-7,9H,8H2,1H3,(H,18,19). The lowest BCUT2D eigenvalue weighted by Crippen LogP contribution is -2.48. The summed E-state index contributed by atoms with van der Waals surface area (Å²) in [5.74, 6) is -1.83. The highest BCUT2D eigenvalue weighted by Crippen LogP contribution is 2.39. The van der Waals surface area contributed by atoms with E-state index in [0.29, 0.717) is 11.4 Å². The molecule has 5 nitrogen and oxygen atoms in total. The van der Waals surface area contributed by atoms with Crippen molar-refractivity contribution in [3.8, 4) is 5.75 Å². The Labute approximate surface area is 115 Å². The first-order valence-electron chi connectivity index (χ1n) is 6.30. The summed E-state index contributed by atoms with van der Waals surface area (Å²) in [7, 11) is 0. The van der Waals surface area contributed by atoms with Gasteiger partial charge in [0.15, 0.2) is 5.75 Å². The van der Waals surface area contributed by atoms with Crippen LogP contribution in [0.3, 0.4) is 0 Å². The summed E-state index contributed by atoms with van der Waals surface area (Å²) in [4.78, 5) is 24.1. The number of carbonyl (C=O) groups excluding carboxylic acids is 1. The van der Waals surface area contributed by atoms with E-state index >= 15 is 0 Å². The third kappa shape index (κ3) is 1.79. The Kier molecular flexibility index (Phi) is 2.82. The van der Waals surface area contributed by atoms with Crippen LogP contribution in [0.2, 0.25) is 0 Å². The van der Waals surface area contributed by atoms with Gasteiger partial charge in [-0.3, -0.25) is 9.69 Å². The summed E-state index contributed by atoms with van der Waals surface area (Å²) < 4.78 is 5.72. The minimum absolute atomic E-state index is 0.278. The first-order valence-corrected chi connectivity index (χ1v) is 6.30. The fraction of sp³-hybridized carbons (Fsp3) is 0.200. The van der Waals surface area contributed by atoms with Crippen LogP contribution in [0, 0.1) is 0 Å². The van der Waals surface area contributed by atoms with Crippen molar-refractivity contribution in [3.63, 3.8) is 0 Å². The molecule has 1 N–H and O–H groups in total. The maximum Gasteiger partial charge on any atom is 0.394 e. The maximum absolute atomic E-state index is 11.9. The molecule has 1 heterocycles. The first-order chi connectivity index (χ1) is 9.59. The van der Waals surface area contributed by atoms with Crippen LogP contribution in [0.1, 0.15) is 6.92 Å². The lowest BCUT2D eigenvalue weighted by molar-refractivity contribution is -0.149. The first kappa shape index (κ1) is 12.5. The van der Waals surface area contributed by atoms with Crippen molar-refractivity contribution in [2.24, 2.45) is 0 Å². The molecular weight excluding hydrogens is 258 g/mol. The van der Waals surface area contributed by atoms with Gasteiger partial charge in [-0.15, -0.1) is 0 Å². The van der Waals surface area contributed by atoms with Crippen LogP contribution in [-0.4, -0.2) is 29.6 Å². The zero-order chi connectivity index (χ0) is 14.3. The summed E-state index contributed by atoms with van der Waals surface area (Å²) in [6.45, 7) is 2.04. The molecule has 0 bridgehead atoms. The van der Waals surface area contributed by atoms with E-state index in [9.17, 15) is 9.59 Å². The SMILES string of the molecule is CC1COc2c(ccc3ccccc23)N1C(=O)C(=O)O. The summed E-state index contributed by atoms with van der Waals surface area (Å²) in [6, 6.07) is 10.9. The number of carboxylic acids is 1. The van der Waals surface area contributed by atoms with E-state index in [1.807, 2.05) is 30.3 Å². The molecule has 0 saturated carbocycles. The average molecular weight is 271 g/mol. The second-order valence-electron chi connectivity index (χ2n) is 4.78. The molecule has 102 valence electrons. The van der Waals surface area contributed by atoms with Gasteiger partial charge >= 0.3 is 11.9 Å². The number of benzene rings is 2. The molecule has 1 aliphatic heterocycles. The highest BCUT2D eigenvalue weighted by Gasteiger charge is 2.33. The molecule has 3 rings (SSSR count). The third-order valence-electron chi connectivity index (χ3n) is 3.43. The monoisotopic (exact) mass is 271 g/mol. The molecule has 0 spiro atoms. The number of hydrogen-bond acceptors (Lipinski definition) is 3. The Morgan fingerprint density at radius 2 is 2.00 bits per heavy atom. The van der Waals surface area contributed by atoms with E-state index in [4.69, 9.17) is 9.84 Å². The number of ether oxygens (including phenoxy) is 1. The molecule has 20 heavy (non-hydrogen) atoms. The van der Waals surface area contributed by atoms with Gasteiger partial charge in [0, 0.05) is 5.39 Å². The Morgan fingerprint density at radius 3 is 2.75 bits per heavy atom. The highest BCUT2D eigenvalue weighted by molar-refractivity contribution is 6.37. The number of amides is 1. The molecule has 0 fully saturated rings. The van der Waals surface area contributed by atoms with Gasteiger partial charge in [-0.2, -0.15) is 0 Å². The number of hydrogen-bond donors (Lipinski definition) is 1.